The first-order valence-electron chi connectivity index (χ1n) is 13.6. The van der Waals surface area contributed by atoms with Crippen molar-refractivity contribution in [3.05, 3.63) is 59.3 Å². The molecule has 0 bridgehead atoms. The molecule has 6 atom stereocenters. The van der Waals surface area contributed by atoms with Gasteiger partial charge in [-0.2, -0.15) is 0 Å². The summed E-state index contributed by atoms with van der Waals surface area (Å²) in [6.07, 6.45) is 18.5. The van der Waals surface area contributed by atoms with E-state index in [1.54, 1.807) is 0 Å². The number of aliphatic hydroxyl groups is 3. The van der Waals surface area contributed by atoms with E-state index in [0.29, 0.717) is 36.0 Å². The summed E-state index contributed by atoms with van der Waals surface area (Å²) < 4.78 is 0. The van der Waals surface area contributed by atoms with Gasteiger partial charge < -0.3 is 15.3 Å². The summed E-state index contributed by atoms with van der Waals surface area (Å²) in [5.41, 5.74) is 4.05. The van der Waals surface area contributed by atoms with Crippen LogP contribution in [0.15, 0.2) is 59.3 Å². The standard InChI is InChI=1S/C31H48O3/c1-7-31(34,8-2)20-21(3)11-12-22(4)27-15-16-28-24(10-9-17-30(27,28)6)13-14-25-18-26(32)19-29(33)23(25)5/h11-14,20,22,26-29,32-34H,5,7-10,15-19H2,1-4,6H3/b12-11+,21-20+,24-13+,25-14-. The van der Waals surface area contributed by atoms with Crippen LogP contribution in [0.2, 0.25) is 0 Å². The smallest absolute Gasteiger partial charge is 0.0828 e. The second-order valence-corrected chi connectivity index (χ2v) is 11.6. The molecule has 3 saturated carbocycles. The zero-order valence-electron chi connectivity index (χ0n) is 22.2. The van der Waals surface area contributed by atoms with Crippen LogP contribution in [0.5, 0.6) is 0 Å². The third-order valence-corrected chi connectivity index (χ3v) is 9.32. The Morgan fingerprint density at radius 2 is 1.91 bits per heavy atom. The fourth-order valence-corrected chi connectivity index (χ4v) is 6.97. The molecular weight excluding hydrogens is 420 g/mol. The van der Waals surface area contributed by atoms with Gasteiger partial charge in [0.15, 0.2) is 0 Å². The summed E-state index contributed by atoms with van der Waals surface area (Å²) in [6.45, 7) is 15.1. The van der Waals surface area contributed by atoms with Gasteiger partial charge in [-0.3, -0.25) is 0 Å². The molecule has 3 aliphatic carbocycles. The van der Waals surface area contributed by atoms with Crippen molar-refractivity contribution in [2.45, 2.75) is 110 Å². The van der Waals surface area contributed by atoms with Crippen molar-refractivity contribution < 1.29 is 15.3 Å². The van der Waals surface area contributed by atoms with Gasteiger partial charge in [0.05, 0.1) is 17.8 Å². The fraction of sp³-hybridized carbons (Fsp3) is 0.677. The molecule has 3 rings (SSSR count). The molecule has 190 valence electrons. The maximum atomic E-state index is 10.6. The number of rotatable bonds is 7. The van der Waals surface area contributed by atoms with Gasteiger partial charge in [-0.05, 0) is 92.6 Å². The van der Waals surface area contributed by atoms with Crippen molar-refractivity contribution in [1.29, 1.82) is 0 Å². The predicted octanol–water partition coefficient (Wildman–Crippen LogP) is 6.82. The van der Waals surface area contributed by atoms with Crippen LogP contribution >= 0.6 is 0 Å². The van der Waals surface area contributed by atoms with E-state index in [1.807, 2.05) is 19.9 Å². The third-order valence-electron chi connectivity index (χ3n) is 9.32. The Morgan fingerprint density at radius 3 is 2.59 bits per heavy atom. The predicted molar refractivity (Wildman–Crippen MR) is 142 cm³/mol. The SMILES string of the molecule is C=C1/C(=C\C=C2/CCCC3(C)C2CCC3C(C)/C=C/C(C)=C/C(O)(CC)CC)CC(O)CC1O. The van der Waals surface area contributed by atoms with Crippen LogP contribution < -0.4 is 0 Å². The van der Waals surface area contributed by atoms with Crippen LogP contribution in [-0.2, 0) is 0 Å². The molecule has 34 heavy (non-hydrogen) atoms. The van der Waals surface area contributed by atoms with E-state index in [4.69, 9.17) is 0 Å². The van der Waals surface area contributed by atoms with E-state index >= 15 is 0 Å². The molecular formula is C31H48O3. The highest BCUT2D eigenvalue weighted by Gasteiger charge is 2.50. The van der Waals surface area contributed by atoms with E-state index in [-0.39, 0.29) is 0 Å². The van der Waals surface area contributed by atoms with Crippen molar-refractivity contribution in [3.8, 4) is 0 Å². The van der Waals surface area contributed by atoms with Gasteiger partial charge in [0, 0.05) is 6.42 Å². The summed E-state index contributed by atoms with van der Waals surface area (Å²) in [5.74, 6) is 1.76. The number of hydrogen-bond donors (Lipinski definition) is 3. The minimum Gasteiger partial charge on any atom is -0.393 e. The highest BCUT2D eigenvalue weighted by atomic mass is 16.3. The molecule has 0 aromatic rings. The summed E-state index contributed by atoms with van der Waals surface area (Å²) in [5, 5.41) is 30.9. The summed E-state index contributed by atoms with van der Waals surface area (Å²) in [6, 6.07) is 0. The molecule has 3 nitrogen and oxygen atoms in total. The molecule has 3 fully saturated rings. The van der Waals surface area contributed by atoms with Gasteiger partial charge in [-0.15, -0.1) is 0 Å². The second-order valence-electron chi connectivity index (χ2n) is 11.6. The van der Waals surface area contributed by atoms with E-state index in [9.17, 15) is 15.3 Å². The zero-order valence-corrected chi connectivity index (χ0v) is 22.2. The van der Waals surface area contributed by atoms with Gasteiger partial charge >= 0.3 is 0 Å². The molecule has 0 amide bonds. The monoisotopic (exact) mass is 468 g/mol. The Hall–Kier alpha value is -1.42. The second kappa shape index (κ2) is 11.1. The van der Waals surface area contributed by atoms with Crippen molar-refractivity contribution in [2.24, 2.45) is 23.2 Å². The van der Waals surface area contributed by atoms with Crippen molar-refractivity contribution in [3.63, 3.8) is 0 Å². The van der Waals surface area contributed by atoms with E-state index in [0.717, 1.165) is 36.0 Å². The maximum absolute atomic E-state index is 10.6. The molecule has 3 heteroatoms. The Balaban J connectivity index is 1.75. The van der Waals surface area contributed by atoms with Crippen molar-refractivity contribution in [2.75, 3.05) is 0 Å². The Labute approximate surface area is 208 Å². The molecule has 0 aliphatic heterocycles. The number of hydrogen-bond acceptors (Lipinski definition) is 3. The zero-order chi connectivity index (χ0) is 25.1. The van der Waals surface area contributed by atoms with Crippen molar-refractivity contribution >= 4 is 0 Å². The lowest BCUT2D eigenvalue weighted by Gasteiger charge is -2.44. The average Bonchev–Trinajstić information content (AvgIpc) is 3.16. The first kappa shape index (κ1) is 27.2. The van der Waals surface area contributed by atoms with Crippen LogP contribution in [0.3, 0.4) is 0 Å². The highest BCUT2D eigenvalue weighted by Crippen LogP contribution is 2.59. The Bertz CT molecular complexity index is 856. The third kappa shape index (κ3) is 5.86. The van der Waals surface area contributed by atoms with Gasteiger partial charge in [0.1, 0.15) is 0 Å². The quantitative estimate of drug-likeness (QED) is 0.359. The molecule has 3 N–H and O–H groups in total. The lowest BCUT2D eigenvalue weighted by atomic mass is 9.61. The fourth-order valence-electron chi connectivity index (χ4n) is 6.97. The molecule has 6 unspecified atom stereocenters. The van der Waals surface area contributed by atoms with E-state index in [2.05, 4.69) is 51.7 Å². The summed E-state index contributed by atoms with van der Waals surface area (Å²) in [4.78, 5) is 0. The van der Waals surface area contributed by atoms with Crippen LogP contribution in [0.4, 0.5) is 0 Å². The van der Waals surface area contributed by atoms with E-state index in [1.165, 1.54) is 31.3 Å². The Morgan fingerprint density at radius 1 is 1.21 bits per heavy atom. The molecule has 3 aliphatic rings. The molecule has 0 aromatic heterocycles. The summed E-state index contributed by atoms with van der Waals surface area (Å²) >= 11 is 0. The largest absolute Gasteiger partial charge is 0.393 e. The van der Waals surface area contributed by atoms with Gasteiger partial charge in [-0.1, -0.05) is 75.8 Å². The molecule has 0 aromatic carbocycles. The van der Waals surface area contributed by atoms with Gasteiger partial charge in [0.25, 0.3) is 0 Å². The van der Waals surface area contributed by atoms with Crippen LogP contribution in [0.1, 0.15) is 92.4 Å². The number of allylic oxidation sites excluding steroid dienone is 6. The number of fused-ring (bicyclic) bond motifs is 1. The van der Waals surface area contributed by atoms with Gasteiger partial charge in [-0.25, -0.2) is 0 Å². The first-order valence-corrected chi connectivity index (χ1v) is 13.6. The average molecular weight is 469 g/mol. The topological polar surface area (TPSA) is 60.7 Å². The lowest BCUT2D eigenvalue weighted by molar-refractivity contribution is 0.0821. The normalized spacial score (nSPS) is 36.5. The minimum atomic E-state index is -0.699. The Kier molecular flexibility index (Phi) is 8.87. The minimum absolute atomic E-state index is 0.306. The summed E-state index contributed by atoms with van der Waals surface area (Å²) in [7, 11) is 0. The molecule has 0 saturated heterocycles. The first-order chi connectivity index (χ1) is 16.0. The lowest BCUT2D eigenvalue weighted by Crippen LogP contribution is -2.35. The molecule has 0 spiro atoms. The molecule has 0 heterocycles. The molecule has 0 radical (unpaired) electrons. The maximum Gasteiger partial charge on any atom is 0.0828 e. The van der Waals surface area contributed by atoms with Crippen LogP contribution in [-0.4, -0.2) is 33.1 Å². The highest BCUT2D eigenvalue weighted by molar-refractivity contribution is 5.38. The van der Waals surface area contributed by atoms with Gasteiger partial charge in [0.2, 0.25) is 0 Å². The van der Waals surface area contributed by atoms with Crippen LogP contribution in [0, 0.1) is 23.2 Å². The van der Waals surface area contributed by atoms with Crippen LogP contribution in [0.25, 0.3) is 0 Å². The van der Waals surface area contributed by atoms with E-state index < -0.39 is 17.8 Å². The number of aliphatic hydroxyl groups excluding tert-OH is 2. The van der Waals surface area contributed by atoms with Crippen molar-refractivity contribution in [1.82, 2.24) is 0 Å².